The molecule has 0 aliphatic carbocycles. The van der Waals surface area contributed by atoms with E-state index in [1.54, 1.807) is 0 Å². The van der Waals surface area contributed by atoms with Crippen LogP contribution in [0.5, 0.6) is 0 Å². The molecule has 0 saturated heterocycles. The van der Waals surface area contributed by atoms with Crippen molar-refractivity contribution in [2.75, 3.05) is 6.26 Å². The van der Waals surface area contributed by atoms with Crippen molar-refractivity contribution in [3.8, 4) is 0 Å². The fraction of sp³-hybridized carbons (Fsp3) is 0.600. The zero-order valence-electron chi connectivity index (χ0n) is 6.07. The van der Waals surface area contributed by atoms with Crippen LogP contribution in [-0.2, 0) is 19.4 Å². The van der Waals surface area contributed by atoms with E-state index in [0.717, 1.165) is 12.3 Å². The number of aliphatic imine (C=N–C) groups is 1. The smallest absolute Gasteiger partial charge is 0.270 e. The maximum atomic E-state index is 10.6. The van der Waals surface area contributed by atoms with Crippen LogP contribution in [0, 0.1) is 0 Å². The molecule has 62 valence electrons. The van der Waals surface area contributed by atoms with Gasteiger partial charge in [0.25, 0.3) is 5.91 Å². The highest BCUT2D eigenvalue weighted by atomic mass is 32.2. The van der Waals surface area contributed by atoms with Crippen molar-refractivity contribution in [2.45, 2.75) is 12.2 Å². The molecule has 0 aromatic carbocycles. The predicted octanol–water partition coefficient (Wildman–Crippen LogP) is -0.718. The zero-order chi connectivity index (χ0) is 9.07. The minimum Gasteiger partial charge on any atom is -0.270 e. The van der Waals surface area contributed by atoms with Crippen molar-refractivity contribution in [1.29, 1.82) is 0 Å². The van der Waals surface area contributed by atoms with Crippen molar-refractivity contribution >= 4 is 21.8 Å². The molecule has 1 amide bonds. The lowest BCUT2D eigenvalue weighted by Gasteiger charge is -2.00. The van der Waals surface area contributed by atoms with Crippen molar-refractivity contribution in [2.24, 2.45) is 4.99 Å². The highest BCUT2D eigenvalue weighted by Crippen LogP contribution is 1.98. The van der Waals surface area contributed by atoms with E-state index in [2.05, 4.69) is 4.99 Å². The van der Waals surface area contributed by atoms with Gasteiger partial charge >= 0.3 is 0 Å². The number of isocyanates is 1. The molecule has 0 spiro atoms. The summed E-state index contributed by atoms with van der Waals surface area (Å²) in [4.78, 5) is 22.8. The lowest BCUT2D eigenvalue weighted by atomic mass is 10.5. The lowest BCUT2D eigenvalue weighted by Crippen LogP contribution is -2.24. The second-order valence-corrected chi connectivity index (χ2v) is 4.38. The monoisotopic (exact) mass is 177 g/mol. The first-order chi connectivity index (χ1) is 4.89. The van der Waals surface area contributed by atoms with Gasteiger partial charge in [0.2, 0.25) is 6.08 Å². The molecule has 0 aliphatic heterocycles. The fourth-order valence-corrected chi connectivity index (χ4v) is 0.738. The van der Waals surface area contributed by atoms with Crippen molar-refractivity contribution < 1.29 is 18.0 Å². The number of carbonyl (C=O) groups is 1. The summed E-state index contributed by atoms with van der Waals surface area (Å²) >= 11 is 0. The molecule has 6 heteroatoms. The zero-order valence-corrected chi connectivity index (χ0v) is 6.88. The molecule has 0 aliphatic rings. The summed E-state index contributed by atoms with van der Waals surface area (Å²) < 4.78 is 21.3. The van der Waals surface area contributed by atoms with E-state index >= 15 is 0 Å². The summed E-state index contributed by atoms with van der Waals surface area (Å²) in [6.07, 6.45) is 1.88. The number of nitrogens with zero attached hydrogens (tertiary/aromatic N) is 1. The Labute approximate surface area is 64.0 Å². The second-order valence-electron chi connectivity index (χ2n) is 2.01. The van der Waals surface area contributed by atoms with Crippen molar-refractivity contribution in [1.82, 2.24) is 0 Å². The highest BCUT2D eigenvalue weighted by molar-refractivity contribution is 7.92. The van der Waals surface area contributed by atoms with Crippen molar-refractivity contribution in [3.63, 3.8) is 0 Å². The molecule has 0 aromatic rings. The Hall–Kier alpha value is -1.00. The van der Waals surface area contributed by atoms with E-state index in [4.69, 9.17) is 0 Å². The maximum Gasteiger partial charge on any atom is 0.274 e. The Morgan fingerprint density at radius 2 is 2.00 bits per heavy atom. The van der Waals surface area contributed by atoms with Crippen LogP contribution in [0.3, 0.4) is 0 Å². The Bertz CT molecular complexity index is 298. The number of rotatable bonds is 2. The molecule has 11 heavy (non-hydrogen) atoms. The average molecular weight is 177 g/mol. The van der Waals surface area contributed by atoms with E-state index in [9.17, 15) is 18.0 Å². The van der Waals surface area contributed by atoms with Crippen LogP contribution in [0.2, 0.25) is 0 Å². The first kappa shape index (κ1) is 10.0. The molecule has 0 N–H and O–H groups in total. The highest BCUT2D eigenvalue weighted by Gasteiger charge is 2.22. The summed E-state index contributed by atoms with van der Waals surface area (Å²) in [6, 6.07) is 0. The molecule has 0 heterocycles. The Morgan fingerprint density at radius 1 is 1.55 bits per heavy atom. The van der Waals surface area contributed by atoms with Crippen LogP contribution in [0.15, 0.2) is 4.99 Å². The Kier molecular flexibility index (Phi) is 3.10. The van der Waals surface area contributed by atoms with Gasteiger partial charge in [-0.3, -0.25) is 4.79 Å². The number of carbonyl (C=O) groups excluding carboxylic acids is 2. The minimum atomic E-state index is -3.45. The van der Waals surface area contributed by atoms with Gasteiger partial charge in [-0.15, -0.1) is 4.99 Å². The lowest BCUT2D eigenvalue weighted by molar-refractivity contribution is -0.117. The van der Waals surface area contributed by atoms with Crippen LogP contribution in [0.1, 0.15) is 6.92 Å². The van der Waals surface area contributed by atoms with Crippen molar-refractivity contribution in [3.05, 3.63) is 0 Å². The number of sulfone groups is 1. The molecule has 0 fully saturated rings. The summed E-state index contributed by atoms with van der Waals surface area (Å²) in [5.41, 5.74) is 0. The predicted molar refractivity (Wildman–Crippen MR) is 37.4 cm³/mol. The molecule has 0 bridgehead atoms. The second kappa shape index (κ2) is 3.41. The molecule has 5 nitrogen and oxygen atoms in total. The van der Waals surface area contributed by atoms with E-state index in [-0.39, 0.29) is 0 Å². The van der Waals surface area contributed by atoms with Gasteiger partial charge < -0.3 is 0 Å². The molecule has 0 rings (SSSR count). The molecule has 0 aromatic heterocycles. The summed E-state index contributed by atoms with van der Waals surface area (Å²) in [6.45, 7) is 1.17. The van der Waals surface area contributed by atoms with Gasteiger partial charge in [0.1, 0.15) is 5.25 Å². The van der Waals surface area contributed by atoms with Crippen LogP contribution in [0.4, 0.5) is 0 Å². The summed E-state index contributed by atoms with van der Waals surface area (Å²) in [5, 5.41) is -1.26. The van der Waals surface area contributed by atoms with Gasteiger partial charge in [0.05, 0.1) is 0 Å². The first-order valence-corrected chi connectivity index (χ1v) is 4.65. The quantitative estimate of drug-likeness (QED) is 0.412. The van der Waals surface area contributed by atoms with Crippen LogP contribution in [0.25, 0.3) is 0 Å². The minimum absolute atomic E-state index is 0.899. The van der Waals surface area contributed by atoms with Crippen LogP contribution >= 0.6 is 0 Å². The van der Waals surface area contributed by atoms with Gasteiger partial charge in [0.15, 0.2) is 9.84 Å². The van der Waals surface area contributed by atoms with Gasteiger partial charge in [0, 0.05) is 6.26 Å². The normalized spacial score (nSPS) is 13.3. The maximum absolute atomic E-state index is 10.6. The SMILES string of the molecule is CC(C(=O)N=C=O)S(C)(=O)=O. The van der Waals surface area contributed by atoms with E-state index < -0.39 is 21.0 Å². The van der Waals surface area contributed by atoms with Crippen LogP contribution < -0.4 is 0 Å². The molecular formula is C5H7NO4S. The van der Waals surface area contributed by atoms with Gasteiger partial charge in [-0.05, 0) is 6.92 Å². The summed E-state index contributed by atoms with van der Waals surface area (Å²) in [5.74, 6) is -0.984. The standard InChI is InChI=1S/C5H7NO4S/c1-4(11(2,9)10)5(8)6-3-7/h4H,1-2H3. The Balaban J connectivity index is 4.65. The molecule has 1 unspecified atom stereocenters. The van der Waals surface area contributed by atoms with Gasteiger partial charge in [-0.2, -0.15) is 0 Å². The first-order valence-electron chi connectivity index (χ1n) is 2.70. The third kappa shape index (κ3) is 3.06. The van der Waals surface area contributed by atoms with Gasteiger partial charge in [-0.1, -0.05) is 0 Å². The molecule has 1 atom stereocenters. The molecular weight excluding hydrogens is 170 g/mol. The summed E-state index contributed by atoms with van der Waals surface area (Å²) in [7, 11) is -3.45. The van der Waals surface area contributed by atoms with Gasteiger partial charge in [-0.25, -0.2) is 13.2 Å². The third-order valence-electron chi connectivity index (χ3n) is 1.15. The van der Waals surface area contributed by atoms with E-state index in [1.165, 1.54) is 6.92 Å². The average Bonchev–Trinajstić information content (AvgIpc) is 1.85. The number of amides is 1. The largest absolute Gasteiger partial charge is 0.274 e. The molecule has 0 saturated carbocycles. The van der Waals surface area contributed by atoms with E-state index in [0.29, 0.717) is 0 Å². The van der Waals surface area contributed by atoms with E-state index in [1.807, 2.05) is 0 Å². The number of hydrogen-bond donors (Lipinski definition) is 0. The fourth-order valence-electron chi connectivity index (χ4n) is 0.319. The van der Waals surface area contributed by atoms with Crippen LogP contribution in [-0.4, -0.2) is 31.9 Å². The Morgan fingerprint density at radius 3 is 2.27 bits per heavy atom. The number of hydrogen-bond acceptors (Lipinski definition) is 4. The topological polar surface area (TPSA) is 80.6 Å². The molecule has 0 radical (unpaired) electrons. The third-order valence-corrected chi connectivity index (χ3v) is 2.63.